The van der Waals surface area contributed by atoms with E-state index in [0.717, 1.165) is 99.3 Å². The van der Waals surface area contributed by atoms with Crippen LogP contribution < -0.4 is 30.1 Å². The van der Waals surface area contributed by atoms with Gasteiger partial charge in [0.05, 0.1) is 17.9 Å². The molecule has 2 aromatic carbocycles. The van der Waals surface area contributed by atoms with Gasteiger partial charge >= 0.3 is 0 Å². The van der Waals surface area contributed by atoms with E-state index < -0.39 is 12.2 Å². The fourth-order valence-corrected chi connectivity index (χ4v) is 15.2. The number of hydrazone groups is 1. The maximum atomic E-state index is 12.2. The Morgan fingerprint density at radius 3 is 1.63 bits per heavy atom. The van der Waals surface area contributed by atoms with Crippen molar-refractivity contribution >= 4 is 34.6 Å². The van der Waals surface area contributed by atoms with Crippen molar-refractivity contribution in [2.24, 2.45) is 57.2 Å². The van der Waals surface area contributed by atoms with Crippen LogP contribution in [0.25, 0.3) is 0 Å². The van der Waals surface area contributed by atoms with Gasteiger partial charge in [0.2, 0.25) is 13.6 Å². The third-order valence-corrected chi connectivity index (χ3v) is 18.1. The van der Waals surface area contributed by atoms with Gasteiger partial charge < -0.3 is 45.2 Å². The molecule has 2 unspecified atom stereocenters. The molecule has 10 aliphatic rings. The second-order valence-corrected chi connectivity index (χ2v) is 22.7. The molecule has 0 amide bonds. The smallest absolute Gasteiger partial charge is 0.231 e. The molecule has 2 aromatic rings. The van der Waals surface area contributed by atoms with Gasteiger partial charge in [-0.15, -0.1) is 11.8 Å². The lowest BCUT2D eigenvalue weighted by Crippen LogP contribution is -2.45. The van der Waals surface area contributed by atoms with Gasteiger partial charge in [0.25, 0.3) is 0 Å². The highest BCUT2D eigenvalue weighted by atomic mass is 32.1. The molecule has 4 saturated carbocycles. The highest BCUT2D eigenvalue weighted by Gasteiger charge is 2.61. The van der Waals surface area contributed by atoms with Crippen LogP contribution in [0, 0.1) is 70.0 Å². The number of carbonyl (C=O) groups is 2. The summed E-state index contributed by atoms with van der Waals surface area (Å²) in [6, 6.07) is 12.7. The van der Waals surface area contributed by atoms with E-state index >= 15 is 0 Å². The van der Waals surface area contributed by atoms with E-state index in [1.54, 1.807) is 5.57 Å². The topological polar surface area (TPSA) is 193 Å². The number of ether oxygens (including phenoxy) is 4. The second-order valence-electron chi connectivity index (χ2n) is 22.3. The minimum absolute atomic E-state index is 0. The van der Waals surface area contributed by atoms with E-state index in [0.29, 0.717) is 30.1 Å². The summed E-state index contributed by atoms with van der Waals surface area (Å²) in [6.07, 6.45) is 14.5. The molecule has 2 heterocycles. The van der Waals surface area contributed by atoms with Crippen molar-refractivity contribution in [2.75, 3.05) is 13.6 Å². The molecule has 0 aromatic heterocycles. The molecule has 0 radical (unpaired) electrons. The van der Waals surface area contributed by atoms with E-state index in [-0.39, 0.29) is 70.2 Å². The van der Waals surface area contributed by atoms with Crippen LogP contribution in [-0.4, -0.2) is 63.9 Å². The van der Waals surface area contributed by atoms with Gasteiger partial charge in [-0.2, -0.15) is 5.10 Å². The average Bonchev–Trinajstić information content (AvgIpc) is 4.14. The third kappa shape index (κ3) is 9.56. The summed E-state index contributed by atoms with van der Waals surface area (Å²) < 4.78 is 22.6. The molecule has 386 valence electrons. The van der Waals surface area contributed by atoms with Crippen molar-refractivity contribution in [3.8, 4) is 46.7 Å². The lowest BCUT2D eigenvalue weighted by molar-refractivity contribution is -0.115. The Labute approximate surface area is 435 Å². The highest BCUT2D eigenvalue weighted by Crippen LogP contribution is 2.67. The summed E-state index contributed by atoms with van der Waals surface area (Å²) in [6.45, 7) is 11.9. The summed E-state index contributed by atoms with van der Waals surface area (Å²) in [5, 5.41) is 27.6. The number of Topliss-reactive ketones (excluding diaryl/α,β-unsaturated/α-hetero) is 1. The first-order chi connectivity index (χ1) is 34.6. The largest absolute Gasteiger partial charge is 0.454 e. The summed E-state index contributed by atoms with van der Waals surface area (Å²) in [5.41, 5.74) is 20.1. The fourth-order valence-electron chi connectivity index (χ4n) is 15.1. The van der Waals surface area contributed by atoms with E-state index in [4.69, 9.17) is 36.9 Å². The summed E-state index contributed by atoms with van der Waals surface area (Å²) in [4.78, 5) is 21.6. The van der Waals surface area contributed by atoms with Crippen molar-refractivity contribution < 1.29 is 44.2 Å². The van der Waals surface area contributed by atoms with Gasteiger partial charge in [0.15, 0.2) is 33.9 Å². The number of thiocarbonyl (C=S) groups is 1. The molecule has 2 aliphatic heterocycles. The van der Waals surface area contributed by atoms with Crippen molar-refractivity contribution in [1.82, 2.24) is 5.43 Å². The third-order valence-electron chi connectivity index (χ3n) is 18.0. The number of allylic oxidation sites excluding steroid dienone is 8. The van der Waals surface area contributed by atoms with Crippen LogP contribution >= 0.6 is 12.2 Å². The molecule has 0 saturated heterocycles. The highest BCUT2D eigenvalue weighted by molar-refractivity contribution is 7.80. The Balaban J connectivity index is 0.000000166. The number of hydrogen-bond acceptors (Lipinski definition) is 10. The summed E-state index contributed by atoms with van der Waals surface area (Å²) in [5.74, 6) is 18.7. The molecule has 13 heteroatoms. The van der Waals surface area contributed by atoms with E-state index in [1.807, 2.05) is 32.1 Å². The number of rotatable bonds is 3. The SMILES string of the molecule is CC#CC1C[C@H]2[C@@H]3CCC4=CC(=NNC(N)=S)CCC4=C3[C@@H](c3ccc4c(c3)OCO4)C[C@]2(C)[C@H]1O.CC#CC1C[C@H]2[C@@H]3CCC4=CC(=O)CCC4=C3[C@@H](c3ccc4c(c3)OCO4)C[C@]2(C)[C@H]1O.CC(C)=O.O. The van der Waals surface area contributed by atoms with Gasteiger partial charge in [-0.3, -0.25) is 10.2 Å². The second kappa shape index (κ2) is 20.9. The van der Waals surface area contributed by atoms with Crippen molar-refractivity contribution in [1.29, 1.82) is 0 Å². The summed E-state index contributed by atoms with van der Waals surface area (Å²) >= 11 is 4.93. The molecule has 73 heavy (non-hydrogen) atoms. The zero-order valence-electron chi connectivity index (χ0n) is 43.1. The predicted molar refractivity (Wildman–Crippen MR) is 285 cm³/mol. The molecule has 0 spiro atoms. The zero-order chi connectivity index (χ0) is 50.6. The Morgan fingerprint density at radius 1 is 0.712 bits per heavy atom. The summed E-state index contributed by atoms with van der Waals surface area (Å²) in [7, 11) is 0. The molecule has 8 aliphatic carbocycles. The number of benzene rings is 2. The van der Waals surface area contributed by atoms with E-state index in [9.17, 15) is 19.8 Å². The van der Waals surface area contributed by atoms with Gasteiger partial charge in [-0.25, -0.2) is 0 Å². The van der Waals surface area contributed by atoms with Gasteiger partial charge in [-0.1, -0.05) is 49.0 Å². The minimum atomic E-state index is -0.411. The molecule has 4 fully saturated rings. The molecule has 12 atom stereocenters. The van der Waals surface area contributed by atoms with Gasteiger partial charge in [-0.05, 0) is 215 Å². The number of nitrogens with one attached hydrogen (secondary N) is 1. The van der Waals surface area contributed by atoms with Gasteiger partial charge in [0, 0.05) is 30.1 Å². The number of nitrogens with zero attached hydrogens (tertiary/aromatic N) is 1. The number of ketones is 2. The molecular formula is C60H71N3O9S. The predicted octanol–water partition coefficient (Wildman–Crippen LogP) is 9.24. The average molecular weight is 1010 g/mol. The number of hydrogen-bond donors (Lipinski definition) is 4. The van der Waals surface area contributed by atoms with Crippen LogP contribution in [0.5, 0.6) is 23.0 Å². The van der Waals surface area contributed by atoms with Crippen LogP contribution in [0.3, 0.4) is 0 Å². The lowest BCUT2D eigenvalue weighted by atomic mass is 9.53. The number of aliphatic hydroxyl groups is 2. The Hall–Kier alpha value is -5.70. The van der Waals surface area contributed by atoms with Crippen molar-refractivity contribution in [2.45, 2.75) is 143 Å². The first-order valence-corrected chi connectivity index (χ1v) is 26.5. The van der Waals surface area contributed by atoms with Crippen LogP contribution in [0.4, 0.5) is 0 Å². The Bertz CT molecular complexity index is 2870. The van der Waals surface area contributed by atoms with Crippen LogP contribution in [0.2, 0.25) is 0 Å². The van der Waals surface area contributed by atoms with Crippen LogP contribution in [0.15, 0.2) is 87.1 Å². The number of carbonyl (C=O) groups excluding carboxylic acids is 2. The molecule has 0 bridgehead atoms. The van der Waals surface area contributed by atoms with Crippen LogP contribution in [-0.2, 0) is 9.59 Å². The Morgan fingerprint density at radius 2 is 1.16 bits per heavy atom. The monoisotopic (exact) mass is 1010 g/mol. The Kier molecular flexibility index (Phi) is 14.9. The lowest BCUT2D eigenvalue weighted by Gasteiger charge is -2.52. The van der Waals surface area contributed by atoms with E-state index in [2.05, 4.69) is 78.4 Å². The molecule has 7 N–H and O–H groups in total. The maximum absolute atomic E-state index is 12.2. The quantitative estimate of drug-likeness (QED) is 0.130. The first kappa shape index (κ1) is 52.2. The number of fused-ring (bicyclic) bond motifs is 10. The fraction of sp³-hybridized carbons (Fsp3) is 0.533. The first-order valence-electron chi connectivity index (χ1n) is 26.1. The standard InChI is InChI=1S/C29H33N3O3S.C28H30O4.C3H6O.H2O/c1-3-4-18-12-23-21-8-5-16-11-19(31-32-28(30)36)7-9-20(16)26(21)22(14-29(23,2)27(18)33)17-6-10-24-25(13-17)35-15-34-24;1-3-4-18-12-23-21-8-5-16-11-19(29)7-9-20(16)26(21)22(14-28(23,2)27(18)30)17-6-10-24-25(13-17)32-15-31-24;1-3(2)4;/h6,10-11,13,18,21-23,27,33H,5,7-9,12,14-15H2,1-2H3,(H3,30,32,36);6,10-11,13,18,21-23,27,30H,5,7-9,12,14-15H2,1-2H3;1-2H3;1H2/t18?,21-,22+,23-,27-,29-;18?,21-,22+,23-,27-,28-;;/m00../s1. The van der Waals surface area contributed by atoms with Crippen LogP contribution in [0.1, 0.15) is 142 Å². The van der Waals surface area contributed by atoms with Crippen molar-refractivity contribution in [3.63, 3.8) is 0 Å². The number of nitrogens with two attached hydrogens (primary N) is 1. The zero-order valence-corrected chi connectivity index (χ0v) is 43.9. The molecule has 12 rings (SSSR count). The molecule has 12 nitrogen and oxygen atoms in total. The normalized spacial score (nSPS) is 34.0. The molecular weight excluding hydrogens is 939 g/mol. The minimum Gasteiger partial charge on any atom is -0.454 e. The van der Waals surface area contributed by atoms with E-state index in [1.165, 1.54) is 52.8 Å². The van der Waals surface area contributed by atoms with Crippen molar-refractivity contribution in [3.05, 3.63) is 93.1 Å². The van der Waals surface area contributed by atoms with Gasteiger partial charge in [0.1, 0.15) is 5.78 Å². The number of aliphatic hydroxyl groups excluding tert-OH is 2. The maximum Gasteiger partial charge on any atom is 0.231 e.